The fourth-order valence-electron chi connectivity index (χ4n) is 2.49. The Bertz CT molecular complexity index is 521. The van der Waals surface area contributed by atoms with Gasteiger partial charge in [0.25, 0.3) is 0 Å². The van der Waals surface area contributed by atoms with E-state index < -0.39 is 23.9 Å². The number of para-hydroxylation sites is 1. The molecule has 1 N–H and O–H groups in total. The van der Waals surface area contributed by atoms with Gasteiger partial charge in [-0.1, -0.05) is 12.1 Å². The van der Waals surface area contributed by atoms with Gasteiger partial charge in [0.1, 0.15) is 11.9 Å². The summed E-state index contributed by atoms with van der Waals surface area (Å²) in [5, 5.41) is 9.13. The lowest BCUT2D eigenvalue weighted by Gasteiger charge is -2.29. The molecule has 1 aliphatic heterocycles. The van der Waals surface area contributed by atoms with Crippen molar-refractivity contribution in [3.63, 3.8) is 0 Å². The van der Waals surface area contributed by atoms with Crippen molar-refractivity contribution in [2.45, 2.75) is 25.8 Å². The summed E-state index contributed by atoms with van der Waals surface area (Å²) < 4.78 is 13.8. The maximum Gasteiger partial charge on any atom is 0.326 e. The minimum absolute atomic E-state index is 0.177. The third-order valence-electron chi connectivity index (χ3n) is 3.47. The molecule has 0 aromatic heterocycles. The summed E-state index contributed by atoms with van der Waals surface area (Å²) in [5.74, 6) is -1.51. The topological polar surface area (TPSA) is 60.9 Å². The smallest absolute Gasteiger partial charge is 0.326 e. The Hall–Kier alpha value is -2.11. The first kappa shape index (κ1) is 14.3. The molecule has 1 unspecified atom stereocenters. The molecule has 20 heavy (non-hydrogen) atoms. The SMILES string of the molecule is CCN(C(=O)N1CCCC1C(=O)O)c1ccccc1F. The van der Waals surface area contributed by atoms with Crippen LogP contribution in [0.3, 0.4) is 0 Å². The molecule has 1 fully saturated rings. The minimum atomic E-state index is -1.01. The molecule has 6 heteroatoms. The highest BCUT2D eigenvalue weighted by molar-refractivity contribution is 5.94. The fourth-order valence-corrected chi connectivity index (χ4v) is 2.49. The monoisotopic (exact) mass is 280 g/mol. The number of hydrogen-bond acceptors (Lipinski definition) is 2. The average molecular weight is 280 g/mol. The number of likely N-dealkylation sites (tertiary alicyclic amines) is 1. The van der Waals surface area contributed by atoms with Crippen LogP contribution in [0.4, 0.5) is 14.9 Å². The number of carbonyl (C=O) groups is 2. The van der Waals surface area contributed by atoms with E-state index in [0.717, 1.165) is 0 Å². The first-order chi connectivity index (χ1) is 9.56. The van der Waals surface area contributed by atoms with Gasteiger partial charge in [0, 0.05) is 13.1 Å². The zero-order chi connectivity index (χ0) is 14.7. The molecule has 1 atom stereocenters. The van der Waals surface area contributed by atoms with Crippen LogP contribution >= 0.6 is 0 Å². The summed E-state index contributed by atoms with van der Waals surface area (Å²) in [6.45, 7) is 2.40. The van der Waals surface area contributed by atoms with E-state index in [2.05, 4.69) is 0 Å². The number of carboxylic acid groups (broad SMARTS) is 1. The summed E-state index contributed by atoms with van der Waals surface area (Å²) in [5.41, 5.74) is 0.177. The number of amides is 2. The van der Waals surface area contributed by atoms with Crippen molar-refractivity contribution < 1.29 is 19.1 Å². The molecule has 0 saturated carbocycles. The lowest BCUT2D eigenvalue weighted by Crippen LogP contribution is -2.48. The first-order valence-corrected chi connectivity index (χ1v) is 6.61. The van der Waals surface area contributed by atoms with Crippen molar-refractivity contribution in [1.82, 2.24) is 4.90 Å². The molecule has 0 spiro atoms. The van der Waals surface area contributed by atoms with Crippen LogP contribution in [-0.2, 0) is 4.79 Å². The van der Waals surface area contributed by atoms with E-state index in [4.69, 9.17) is 5.11 Å². The van der Waals surface area contributed by atoms with E-state index in [1.54, 1.807) is 19.1 Å². The Labute approximate surface area is 116 Å². The summed E-state index contributed by atoms with van der Waals surface area (Å²) in [6.07, 6.45) is 1.09. The Morgan fingerprint density at radius 3 is 2.75 bits per heavy atom. The van der Waals surface area contributed by atoms with Crippen molar-refractivity contribution in [3.05, 3.63) is 30.1 Å². The first-order valence-electron chi connectivity index (χ1n) is 6.61. The third-order valence-corrected chi connectivity index (χ3v) is 3.47. The fraction of sp³-hybridized carbons (Fsp3) is 0.429. The zero-order valence-corrected chi connectivity index (χ0v) is 11.3. The molecule has 5 nitrogen and oxygen atoms in total. The highest BCUT2D eigenvalue weighted by atomic mass is 19.1. The number of aliphatic carboxylic acids is 1. The Balaban J connectivity index is 2.26. The third kappa shape index (κ3) is 2.59. The van der Waals surface area contributed by atoms with Gasteiger partial charge in [0.05, 0.1) is 5.69 Å². The zero-order valence-electron chi connectivity index (χ0n) is 11.3. The Morgan fingerprint density at radius 2 is 2.15 bits per heavy atom. The van der Waals surface area contributed by atoms with Gasteiger partial charge in [-0.15, -0.1) is 0 Å². The second-order valence-corrected chi connectivity index (χ2v) is 4.67. The second kappa shape index (κ2) is 5.90. The number of halogens is 1. The van der Waals surface area contributed by atoms with Gasteiger partial charge in [-0.3, -0.25) is 4.90 Å². The minimum Gasteiger partial charge on any atom is -0.480 e. The molecule has 1 heterocycles. The second-order valence-electron chi connectivity index (χ2n) is 4.67. The molecule has 108 valence electrons. The highest BCUT2D eigenvalue weighted by Gasteiger charge is 2.36. The number of carboxylic acids is 1. The lowest BCUT2D eigenvalue weighted by molar-refractivity contribution is -0.141. The number of anilines is 1. The molecule has 0 aliphatic carbocycles. The van der Waals surface area contributed by atoms with Gasteiger partial charge in [-0.05, 0) is 31.9 Å². The Morgan fingerprint density at radius 1 is 1.45 bits per heavy atom. The quantitative estimate of drug-likeness (QED) is 0.924. The van der Waals surface area contributed by atoms with E-state index in [0.29, 0.717) is 19.4 Å². The molecular formula is C14H17FN2O3. The van der Waals surface area contributed by atoms with Crippen LogP contribution in [0.1, 0.15) is 19.8 Å². The molecule has 1 saturated heterocycles. The molecule has 2 rings (SSSR count). The van der Waals surface area contributed by atoms with Gasteiger partial charge in [-0.2, -0.15) is 0 Å². The molecule has 2 amide bonds. The van der Waals surface area contributed by atoms with Crippen molar-refractivity contribution in [1.29, 1.82) is 0 Å². The number of nitrogens with zero attached hydrogens (tertiary/aromatic N) is 2. The van der Waals surface area contributed by atoms with Crippen LogP contribution < -0.4 is 4.90 Å². The van der Waals surface area contributed by atoms with Gasteiger partial charge < -0.3 is 10.0 Å². The molecule has 1 aliphatic rings. The van der Waals surface area contributed by atoms with E-state index in [1.165, 1.54) is 21.9 Å². The number of urea groups is 1. The predicted octanol–water partition coefficient (Wildman–Crippen LogP) is 2.32. The van der Waals surface area contributed by atoms with Crippen molar-refractivity contribution in [2.24, 2.45) is 0 Å². The summed E-state index contributed by atoms with van der Waals surface area (Å²) in [7, 11) is 0. The van der Waals surface area contributed by atoms with Crippen LogP contribution in [0.25, 0.3) is 0 Å². The van der Waals surface area contributed by atoms with Gasteiger partial charge in [-0.25, -0.2) is 14.0 Å². The van der Waals surface area contributed by atoms with Gasteiger partial charge in [0.2, 0.25) is 0 Å². The van der Waals surface area contributed by atoms with Crippen LogP contribution in [0, 0.1) is 5.82 Å². The van der Waals surface area contributed by atoms with E-state index in [1.807, 2.05) is 0 Å². The highest BCUT2D eigenvalue weighted by Crippen LogP contribution is 2.24. The van der Waals surface area contributed by atoms with Crippen molar-refractivity contribution >= 4 is 17.7 Å². The van der Waals surface area contributed by atoms with Crippen LogP contribution in [0.2, 0.25) is 0 Å². The van der Waals surface area contributed by atoms with Gasteiger partial charge in [0.15, 0.2) is 0 Å². The molecular weight excluding hydrogens is 263 g/mol. The van der Waals surface area contributed by atoms with E-state index in [-0.39, 0.29) is 12.2 Å². The normalized spacial score (nSPS) is 18.1. The van der Waals surface area contributed by atoms with E-state index >= 15 is 0 Å². The number of rotatable bonds is 3. The Kier molecular flexibility index (Phi) is 4.22. The molecule has 1 aromatic carbocycles. The van der Waals surface area contributed by atoms with Crippen molar-refractivity contribution in [2.75, 3.05) is 18.0 Å². The van der Waals surface area contributed by atoms with Crippen molar-refractivity contribution in [3.8, 4) is 0 Å². The summed E-state index contributed by atoms with van der Waals surface area (Å²) in [4.78, 5) is 26.2. The molecule has 0 radical (unpaired) electrons. The maximum absolute atomic E-state index is 13.8. The summed E-state index contributed by atoms with van der Waals surface area (Å²) in [6, 6.07) is 4.72. The van der Waals surface area contributed by atoms with E-state index in [9.17, 15) is 14.0 Å². The number of hydrogen-bond donors (Lipinski definition) is 1. The van der Waals surface area contributed by atoms with Crippen LogP contribution in [0.5, 0.6) is 0 Å². The average Bonchev–Trinajstić information content (AvgIpc) is 2.91. The number of carbonyl (C=O) groups excluding carboxylic acids is 1. The maximum atomic E-state index is 13.8. The number of benzene rings is 1. The molecule has 1 aromatic rings. The lowest BCUT2D eigenvalue weighted by atomic mass is 10.2. The predicted molar refractivity (Wildman–Crippen MR) is 72.2 cm³/mol. The molecule has 0 bridgehead atoms. The standard InChI is InChI=1S/C14H17FN2O3/c1-2-16(11-7-4-3-6-10(11)15)14(20)17-9-5-8-12(17)13(18)19/h3-4,6-7,12H,2,5,8-9H2,1H3,(H,18,19). The van der Waals surface area contributed by atoms with Gasteiger partial charge >= 0.3 is 12.0 Å². The van der Waals surface area contributed by atoms with Crippen LogP contribution in [-0.4, -0.2) is 41.1 Å². The largest absolute Gasteiger partial charge is 0.480 e. The van der Waals surface area contributed by atoms with Crippen LogP contribution in [0.15, 0.2) is 24.3 Å². The summed E-state index contributed by atoms with van der Waals surface area (Å²) >= 11 is 0.